The van der Waals surface area contributed by atoms with Gasteiger partial charge in [0.2, 0.25) is 11.8 Å². The van der Waals surface area contributed by atoms with Crippen LogP contribution in [0.4, 0.5) is 4.79 Å². The zero-order valence-electron chi connectivity index (χ0n) is 9.57. The number of carbonyl (C=O) groups is 3. The summed E-state index contributed by atoms with van der Waals surface area (Å²) in [7, 11) is 0. The van der Waals surface area contributed by atoms with E-state index in [1.807, 2.05) is 5.32 Å². The zero-order chi connectivity index (χ0) is 14.0. The number of amides is 4. The van der Waals surface area contributed by atoms with Gasteiger partial charge in [-0.3, -0.25) is 20.3 Å². The third-order valence-corrected chi connectivity index (χ3v) is 3.01. The predicted octanol–water partition coefficient (Wildman–Crippen LogP) is 1.12. The summed E-state index contributed by atoms with van der Waals surface area (Å²) < 4.78 is 0. The molecule has 4 amide bonds. The molecule has 2 rings (SSSR count). The normalized spacial score (nSPS) is 14.5. The molecule has 1 heterocycles. The van der Waals surface area contributed by atoms with Crippen molar-refractivity contribution in [2.75, 3.05) is 6.54 Å². The van der Waals surface area contributed by atoms with Crippen LogP contribution in [-0.2, 0) is 16.0 Å². The van der Waals surface area contributed by atoms with Crippen molar-refractivity contribution in [1.29, 1.82) is 0 Å². The van der Waals surface area contributed by atoms with Crippen LogP contribution in [-0.4, -0.2) is 29.4 Å². The van der Waals surface area contributed by atoms with E-state index in [0.29, 0.717) is 15.6 Å². The maximum absolute atomic E-state index is 11.7. The first kappa shape index (κ1) is 13.6. The van der Waals surface area contributed by atoms with E-state index in [-0.39, 0.29) is 13.0 Å². The molecule has 1 aliphatic heterocycles. The fourth-order valence-electron chi connectivity index (χ4n) is 1.56. The molecule has 0 unspecified atom stereocenters. The SMILES string of the molecule is O=C1CN(NC(=O)Cc2ccc(Cl)cc2Cl)C(=O)N1. The molecule has 1 aromatic carbocycles. The van der Waals surface area contributed by atoms with Crippen LogP contribution < -0.4 is 10.7 Å². The van der Waals surface area contributed by atoms with Crippen LogP contribution in [0.1, 0.15) is 5.56 Å². The molecule has 0 aromatic heterocycles. The number of imide groups is 1. The third-order valence-electron chi connectivity index (χ3n) is 2.42. The van der Waals surface area contributed by atoms with Gasteiger partial charge in [0, 0.05) is 10.0 Å². The average Bonchev–Trinajstić information content (AvgIpc) is 2.61. The molecule has 2 N–H and O–H groups in total. The lowest BCUT2D eigenvalue weighted by molar-refractivity contribution is -0.124. The maximum atomic E-state index is 11.7. The summed E-state index contributed by atoms with van der Waals surface area (Å²) in [6, 6.07) is 4.11. The van der Waals surface area contributed by atoms with Crippen molar-refractivity contribution in [3.63, 3.8) is 0 Å². The Morgan fingerprint density at radius 1 is 1.37 bits per heavy atom. The number of halogens is 2. The maximum Gasteiger partial charge on any atom is 0.343 e. The van der Waals surface area contributed by atoms with E-state index in [2.05, 4.69) is 5.43 Å². The Bertz CT molecular complexity index is 562. The van der Waals surface area contributed by atoms with Gasteiger partial charge in [0.25, 0.3) is 0 Å². The topological polar surface area (TPSA) is 78.5 Å². The molecule has 0 aliphatic carbocycles. The molecular weight excluding hydrogens is 293 g/mol. The molecular formula is C11H9Cl2N3O3. The number of hydrogen-bond donors (Lipinski definition) is 2. The average molecular weight is 302 g/mol. The number of benzene rings is 1. The number of rotatable bonds is 3. The van der Waals surface area contributed by atoms with Gasteiger partial charge in [0.05, 0.1) is 6.42 Å². The van der Waals surface area contributed by atoms with Crippen molar-refractivity contribution in [3.8, 4) is 0 Å². The van der Waals surface area contributed by atoms with Gasteiger partial charge in [-0.25, -0.2) is 9.80 Å². The summed E-state index contributed by atoms with van der Waals surface area (Å²) in [5.41, 5.74) is 2.90. The number of nitrogens with zero attached hydrogens (tertiary/aromatic N) is 1. The first-order valence-corrected chi connectivity index (χ1v) is 6.06. The van der Waals surface area contributed by atoms with Crippen LogP contribution in [0.5, 0.6) is 0 Å². The van der Waals surface area contributed by atoms with Crippen LogP contribution in [0, 0.1) is 0 Å². The van der Waals surface area contributed by atoms with E-state index < -0.39 is 17.8 Å². The van der Waals surface area contributed by atoms with Gasteiger partial charge in [0.15, 0.2) is 0 Å². The Morgan fingerprint density at radius 2 is 2.11 bits per heavy atom. The Balaban J connectivity index is 1.98. The van der Waals surface area contributed by atoms with Gasteiger partial charge in [-0.05, 0) is 17.7 Å². The molecule has 0 radical (unpaired) electrons. The minimum Gasteiger partial charge on any atom is -0.275 e. The number of hydrogen-bond acceptors (Lipinski definition) is 3. The summed E-state index contributed by atoms with van der Waals surface area (Å²) in [4.78, 5) is 33.9. The monoisotopic (exact) mass is 301 g/mol. The minimum atomic E-state index is -0.652. The van der Waals surface area contributed by atoms with Gasteiger partial charge in [-0.15, -0.1) is 0 Å². The lowest BCUT2D eigenvalue weighted by atomic mass is 10.1. The molecule has 8 heteroatoms. The molecule has 19 heavy (non-hydrogen) atoms. The predicted molar refractivity (Wildman–Crippen MR) is 68.6 cm³/mol. The van der Waals surface area contributed by atoms with E-state index in [1.165, 1.54) is 6.07 Å². The summed E-state index contributed by atoms with van der Waals surface area (Å²) in [6.07, 6.45) is -0.0199. The second kappa shape index (κ2) is 5.46. The van der Waals surface area contributed by atoms with Crippen molar-refractivity contribution >= 4 is 41.0 Å². The van der Waals surface area contributed by atoms with Crippen molar-refractivity contribution in [3.05, 3.63) is 33.8 Å². The molecule has 0 bridgehead atoms. The van der Waals surface area contributed by atoms with Crippen molar-refractivity contribution < 1.29 is 14.4 Å². The molecule has 1 aromatic rings. The minimum absolute atomic E-state index is 0.0199. The van der Waals surface area contributed by atoms with Crippen LogP contribution in [0.15, 0.2) is 18.2 Å². The Morgan fingerprint density at radius 3 is 2.68 bits per heavy atom. The highest BCUT2D eigenvalue weighted by atomic mass is 35.5. The van der Waals surface area contributed by atoms with Gasteiger partial charge >= 0.3 is 6.03 Å². The first-order chi connectivity index (χ1) is 8.95. The van der Waals surface area contributed by atoms with Crippen LogP contribution >= 0.6 is 23.2 Å². The fraction of sp³-hybridized carbons (Fsp3) is 0.182. The molecule has 100 valence electrons. The highest BCUT2D eigenvalue weighted by Crippen LogP contribution is 2.21. The van der Waals surface area contributed by atoms with E-state index in [0.717, 1.165) is 5.01 Å². The molecule has 0 atom stereocenters. The molecule has 1 fully saturated rings. The smallest absolute Gasteiger partial charge is 0.275 e. The summed E-state index contributed by atoms with van der Waals surface area (Å²) in [5, 5.41) is 3.79. The van der Waals surface area contributed by atoms with Crippen molar-refractivity contribution in [2.45, 2.75) is 6.42 Å². The molecule has 6 nitrogen and oxygen atoms in total. The van der Waals surface area contributed by atoms with Crippen LogP contribution in [0.3, 0.4) is 0 Å². The zero-order valence-corrected chi connectivity index (χ0v) is 11.1. The second-order valence-corrected chi connectivity index (χ2v) is 4.73. The number of urea groups is 1. The number of carbonyl (C=O) groups excluding carboxylic acids is 3. The summed E-state index contributed by atoms with van der Waals surface area (Å²) in [5.74, 6) is -0.913. The lowest BCUT2D eigenvalue weighted by Gasteiger charge is -2.14. The van der Waals surface area contributed by atoms with Crippen molar-refractivity contribution in [2.24, 2.45) is 0 Å². The van der Waals surface area contributed by atoms with Gasteiger partial charge in [0.1, 0.15) is 6.54 Å². The third kappa shape index (κ3) is 3.36. The van der Waals surface area contributed by atoms with Crippen LogP contribution in [0.2, 0.25) is 10.0 Å². The molecule has 0 saturated carbocycles. The number of nitrogens with one attached hydrogen (secondary N) is 2. The second-order valence-electron chi connectivity index (χ2n) is 3.89. The molecule has 0 spiro atoms. The highest BCUT2D eigenvalue weighted by molar-refractivity contribution is 6.35. The fourth-order valence-corrected chi connectivity index (χ4v) is 2.04. The van der Waals surface area contributed by atoms with Crippen molar-refractivity contribution in [1.82, 2.24) is 15.8 Å². The standard InChI is InChI=1S/C11H9Cl2N3O3/c12-7-2-1-6(8(13)4-7)3-9(17)15-16-5-10(18)14-11(16)19/h1-2,4H,3,5H2,(H,15,17)(H,14,18,19). The van der Waals surface area contributed by atoms with E-state index >= 15 is 0 Å². The van der Waals surface area contributed by atoms with Gasteiger partial charge in [-0.1, -0.05) is 29.3 Å². The number of hydrazine groups is 1. The Kier molecular flexibility index (Phi) is 3.92. The summed E-state index contributed by atoms with van der Waals surface area (Å²) in [6.45, 7) is -0.196. The largest absolute Gasteiger partial charge is 0.343 e. The molecule has 1 aliphatic rings. The first-order valence-electron chi connectivity index (χ1n) is 5.30. The van der Waals surface area contributed by atoms with Gasteiger partial charge < -0.3 is 0 Å². The van der Waals surface area contributed by atoms with E-state index in [1.54, 1.807) is 12.1 Å². The lowest BCUT2D eigenvalue weighted by Crippen LogP contribution is -2.44. The highest BCUT2D eigenvalue weighted by Gasteiger charge is 2.28. The Hall–Kier alpha value is -1.79. The van der Waals surface area contributed by atoms with Crippen LogP contribution in [0.25, 0.3) is 0 Å². The quantitative estimate of drug-likeness (QED) is 0.821. The Labute approximate surface area is 118 Å². The summed E-state index contributed by atoms with van der Waals surface area (Å²) >= 11 is 11.7. The van der Waals surface area contributed by atoms with E-state index in [9.17, 15) is 14.4 Å². The van der Waals surface area contributed by atoms with Gasteiger partial charge in [-0.2, -0.15) is 0 Å². The molecule has 1 saturated heterocycles. The van der Waals surface area contributed by atoms with E-state index in [4.69, 9.17) is 23.2 Å².